The number of rotatable bonds is 8. The second-order valence-corrected chi connectivity index (χ2v) is 6.10. The Kier molecular flexibility index (Phi) is 6.88. The molecule has 2 aromatic carbocycles. The molecule has 154 valence electrons. The molecule has 1 aromatic heterocycles. The van der Waals surface area contributed by atoms with E-state index < -0.39 is 24.1 Å². The van der Waals surface area contributed by atoms with E-state index in [1.807, 2.05) is 12.1 Å². The van der Waals surface area contributed by atoms with Gasteiger partial charge in [-0.25, -0.2) is 8.78 Å². The van der Waals surface area contributed by atoms with Crippen LogP contribution in [-0.4, -0.2) is 23.3 Å². The van der Waals surface area contributed by atoms with Crippen LogP contribution in [0.1, 0.15) is 11.1 Å². The smallest absolute Gasteiger partial charge is 0.265 e. The monoisotopic (exact) mass is 412 g/mol. The van der Waals surface area contributed by atoms with E-state index in [1.54, 1.807) is 36.7 Å². The topological polar surface area (TPSA) is 98.8 Å². The molecule has 9 heteroatoms. The number of aromatic nitrogens is 1. The Morgan fingerprint density at radius 3 is 2.63 bits per heavy atom. The first-order valence-electron chi connectivity index (χ1n) is 8.84. The largest absolute Gasteiger partial charge is 0.489 e. The van der Waals surface area contributed by atoms with Gasteiger partial charge in [0.25, 0.3) is 5.91 Å². The van der Waals surface area contributed by atoms with E-state index in [2.05, 4.69) is 15.5 Å². The molecule has 30 heavy (non-hydrogen) atoms. The molecule has 3 N–H and O–H groups in total. The van der Waals surface area contributed by atoms with Gasteiger partial charge in [0.1, 0.15) is 24.0 Å². The minimum Gasteiger partial charge on any atom is -0.489 e. The van der Waals surface area contributed by atoms with Crippen LogP contribution in [0.25, 0.3) is 0 Å². The fraction of sp³-hybridized carbons (Fsp3) is 0.0952. The van der Waals surface area contributed by atoms with E-state index in [0.717, 1.165) is 17.7 Å². The lowest BCUT2D eigenvalue weighted by molar-refractivity contribution is -0.120. The second kappa shape index (κ2) is 9.97. The van der Waals surface area contributed by atoms with E-state index in [-0.39, 0.29) is 11.5 Å². The molecule has 7 nitrogen and oxygen atoms in total. The molecule has 0 aliphatic carbocycles. The number of carbonyl (C=O) groups is 1. The molecule has 1 heterocycles. The molecule has 0 aliphatic rings. The first-order valence-corrected chi connectivity index (χ1v) is 8.84. The number of halogens is 2. The summed E-state index contributed by atoms with van der Waals surface area (Å²) in [6.45, 7) is -0.118. The van der Waals surface area contributed by atoms with Gasteiger partial charge in [-0.15, -0.1) is 0 Å². The molecule has 0 aliphatic heterocycles. The van der Waals surface area contributed by atoms with Gasteiger partial charge in [-0.2, -0.15) is 0 Å². The number of hydrogen-bond donors (Lipinski definition) is 2. The molecule has 3 rings (SSSR count). The number of pyridine rings is 1. The zero-order chi connectivity index (χ0) is 21.3. The first kappa shape index (κ1) is 20.7. The molecule has 0 atom stereocenters. The van der Waals surface area contributed by atoms with Crippen molar-refractivity contribution in [1.29, 1.82) is 0 Å². The number of amidine groups is 1. The highest BCUT2D eigenvalue weighted by atomic mass is 19.1. The predicted molar refractivity (Wildman–Crippen MR) is 107 cm³/mol. The zero-order valence-electron chi connectivity index (χ0n) is 15.7. The number of nitrogens with one attached hydrogen (secondary N) is 1. The molecule has 0 saturated heterocycles. The van der Waals surface area contributed by atoms with Gasteiger partial charge < -0.3 is 20.6 Å². The average Bonchev–Trinajstić information content (AvgIpc) is 2.75. The fourth-order valence-corrected chi connectivity index (χ4v) is 2.36. The lowest BCUT2D eigenvalue weighted by Crippen LogP contribution is -2.20. The van der Waals surface area contributed by atoms with Crippen LogP contribution in [0.15, 0.2) is 72.1 Å². The van der Waals surface area contributed by atoms with Crippen LogP contribution in [0.2, 0.25) is 0 Å². The van der Waals surface area contributed by atoms with Crippen LogP contribution in [0.4, 0.5) is 14.5 Å². The Hall–Kier alpha value is -4.01. The number of amides is 1. The fourth-order valence-electron chi connectivity index (χ4n) is 2.36. The molecule has 1 amide bonds. The maximum Gasteiger partial charge on any atom is 0.265 e. The number of carbonyl (C=O) groups excluding carboxylic acids is 1. The van der Waals surface area contributed by atoms with E-state index in [0.29, 0.717) is 24.0 Å². The first-order chi connectivity index (χ1) is 14.5. The highest BCUT2D eigenvalue weighted by Crippen LogP contribution is 2.15. The van der Waals surface area contributed by atoms with Gasteiger partial charge >= 0.3 is 0 Å². The Morgan fingerprint density at radius 1 is 1.13 bits per heavy atom. The van der Waals surface area contributed by atoms with Crippen molar-refractivity contribution in [3.63, 3.8) is 0 Å². The number of anilines is 1. The molecule has 0 fully saturated rings. The zero-order valence-corrected chi connectivity index (χ0v) is 15.7. The predicted octanol–water partition coefficient (Wildman–Crippen LogP) is 3.21. The van der Waals surface area contributed by atoms with Crippen LogP contribution in [0.5, 0.6) is 5.75 Å². The summed E-state index contributed by atoms with van der Waals surface area (Å²) in [7, 11) is 0. The van der Waals surface area contributed by atoms with Gasteiger partial charge in [0.2, 0.25) is 0 Å². The minimum atomic E-state index is -0.891. The highest BCUT2D eigenvalue weighted by molar-refractivity contribution is 5.97. The number of nitrogens with zero attached hydrogens (tertiary/aromatic N) is 2. The van der Waals surface area contributed by atoms with Crippen molar-refractivity contribution in [2.75, 3.05) is 11.9 Å². The summed E-state index contributed by atoms with van der Waals surface area (Å²) in [6.07, 6.45) is 3.41. The minimum absolute atomic E-state index is 0.0505. The summed E-state index contributed by atoms with van der Waals surface area (Å²) in [5.74, 6) is -1.62. The van der Waals surface area contributed by atoms with E-state index in [4.69, 9.17) is 15.3 Å². The number of oxime groups is 1. The molecule has 0 saturated carbocycles. The summed E-state index contributed by atoms with van der Waals surface area (Å²) in [4.78, 5) is 20.7. The number of nitrogens with two attached hydrogens (primary N) is 1. The molecule has 0 spiro atoms. The standard InChI is InChI=1S/C21H18F2N4O3/c22-16-5-8-19(18(23)10-16)26-20(28)13-30-27-21(24)15-3-6-17(7-4-15)29-12-14-2-1-9-25-11-14/h1-11H,12-13H2,(H2,24,27)(H,26,28). The van der Waals surface area contributed by atoms with Crippen LogP contribution in [-0.2, 0) is 16.2 Å². The summed E-state index contributed by atoms with van der Waals surface area (Å²) >= 11 is 0. The summed E-state index contributed by atoms with van der Waals surface area (Å²) < 4.78 is 32.0. The maximum atomic E-state index is 13.5. The van der Waals surface area contributed by atoms with Crippen molar-refractivity contribution < 1.29 is 23.1 Å². The molecule has 3 aromatic rings. The lowest BCUT2D eigenvalue weighted by Gasteiger charge is -2.07. The van der Waals surface area contributed by atoms with Gasteiger partial charge in [0.15, 0.2) is 12.4 Å². The SMILES string of the molecule is N/C(=N/OCC(=O)Nc1ccc(F)cc1F)c1ccc(OCc2cccnc2)cc1. The second-order valence-electron chi connectivity index (χ2n) is 6.10. The Balaban J connectivity index is 1.48. The lowest BCUT2D eigenvalue weighted by atomic mass is 10.2. The third-order valence-corrected chi connectivity index (χ3v) is 3.84. The molecular weight excluding hydrogens is 394 g/mol. The number of ether oxygens (including phenoxy) is 1. The van der Waals surface area contributed by atoms with Crippen molar-refractivity contribution >= 4 is 17.4 Å². The molecule has 0 unspecified atom stereocenters. The van der Waals surface area contributed by atoms with Crippen LogP contribution >= 0.6 is 0 Å². The number of hydrogen-bond acceptors (Lipinski definition) is 5. The van der Waals surface area contributed by atoms with E-state index in [9.17, 15) is 13.6 Å². The van der Waals surface area contributed by atoms with Crippen LogP contribution < -0.4 is 15.8 Å². The Bertz CT molecular complexity index is 1030. The van der Waals surface area contributed by atoms with Gasteiger partial charge in [-0.1, -0.05) is 11.2 Å². The third kappa shape index (κ3) is 5.99. The van der Waals surface area contributed by atoms with E-state index >= 15 is 0 Å². The molecular formula is C21H18F2N4O3. The Labute approximate surface area is 171 Å². The highest BCUT2D eigenvalue weighted by Gasteiger charge is 2.09. The Morgan fingerprint density at radius 2 is 1.93 bits per heavy atom. The van der Waals surface area contributed by atoms with E-state index in [1.165, 1.54) is 0 Å². The van der Waals surface area contributed by atoms with Gasteiger partial charge in [0.05, 0.1) is 5.69 Å². The van der Waals surface area contributed by atoms with Crippen molar-refractivity contribution in [1.82, 2.24) is 4.98 Å². The van der Waals surface area contributed by atoms with Gasteiger partial charge in [-0.05, 0) is 42.5 Å². The summed E-state index contributed by atoms with van der Waals surface area (Å²) in [6, 6.07) is 13.4. The van der Waals surface area contributed by atoms with Crippen molar-refractivity contribution in [2.24, 2.45) is 10.9 Å². The molecule has 0 radical (unpaired) electrons. The quantitative estimate of drug-likeness (QED) is 0.336. The molecule has 0 bridgehead atoms. The summed E-state index contributed by atoms with van der Waals surface area (Å²) in [5, 5.41) is 5.92. The average molecular weight is 412 g/mol. The van der Waals surface area contributed by atoms with Crippen LogP contribution in [0, 0.1) is 11.6 Å². The van der Waals surface area contributed by atoms with Crippen molar-refractivity contribution in [3.05, 3.63) is 89.8 Å². The van der Waals surface area contributed by atoms with Crippen LogP contribution in [0.3, 0.4) is 0 Å². The van der Waals surface area contributed by atoms with Gasteiger partial charge in [0, 0.05) is 29.6 Å². The van der Waals surface area contributed by atoms with Crippen molar-refractivity contribution in [2.45, 2.75) is 6.61 Å². The summed E-state index contributed by atoms with van der Waals surface area (Å²) in [5.41, 5.74) is 7.17. The maximum absolute atomic E-state index is 13.5. The third-order valence-electron chi connectivity index (χ3n) is 3.84. The number of benzene rings is 2. The van der Waals surface area contributed by atoms with Crippen molar-refractivity contribution in [3.8, 4) is 5.75 Å². The van der Waals surface area contributed by atoms with Gasteiger partial charge in [-0.3, -0.25) is 9.78 Å². The normalized spacial score (nSPS) is 11.1.